The Hall–Kier alpha value is -3.28. The first-order chi connectivity index (χ1) is 12.2. The molecule has 0 spiro atoms. The number of methoxy groups -OCH3 is 1. The number of benzene rings is 2. The summed E-state index contributed by atoms with van der Waals surface area (Å²) in [6.07, 6.45) is 5.37. The minimum absolute atomic E-state index is 0.116. The first-order valence-corrected chi connectivity index (χ1v) is 7.95. The molecular formula is C19H20N4O2. The van der Waals surface area contributed by atoms with Crippen molar-refractivity contribution in [2.75, 3.05) is 12.4 Å². The Bertz CT molecular complexity index is 812. The number of hydrogen-bond donors (Lipinski definition) is 2. The van der Waals surface area contributed by atoms with Gasteiger partial charge in [-0.2, -0.15) is 0 Å². The first kappa shape index (κ1) is 16.6. The third-order valence-corrected chi connectivity index (χ3v) is 3.89. The molecule has 2 amide bonds. The molecule has 128 valence electrons. The van der Waals surface area contributed by atoms with Gasteiger partial charge in [-0.15, -0.1) is 0 Å². The van der Waals surface area contributed by atoms with Crippen LogP contribution in [-0.4, -0.2) is 22.7 Å². The standard InChI is InChI=1S/C19H20N4O2/c1-14(15-3-7-17(8-4-15)23-12-11-20-13-23)21-19(24)22-16-5-9-18(25-2)10-6-16/h3-14H,1-2H3,(H2,21,22,24)/t14-/m0/s1. The number of amides is 2. The number of nitrogens with one attached hydrogen (secondary N) is 2. The van der Waals surface area contributed by atoms with Gasteiger partial charge >= 0.3 is 6.03 Å². The van der Waals surface area contributed by atoms with Gasteiger partial charge in [-0.05, 0) is 48.9 Å². The number of carbonyl (C=O) groups is 1. The van der Waals surface area contributed by atoms with Crippen LogP contribution in [0.5, 0.6) is 5.75 Å². The fraction of sp³-hybridized carbons (Fsp3) is 0.158. The van der Waals surface area contributed by atoms with Crippen molar-refractivity contribution in [2.45, 2.75) is 13.0 Å². The van der Waals surface area contributed by atoms with E-state index >= 15 is 0 Å². The lowest BCUT2D eigenvalue weighted by Crippen LogP contribution is -2.31. The molecule has 0 saturated heterocycles. The van der Waals surface area contributed by atoms with Gasteiger partial charge in [0.2, 0.25) is 0 Å². The molecule has 0 saturated carbocycles. The second kappa shape index (κ2) is 7.53. The van der Waals surface area contributed by atoms with Gasteiger partial charge in [-0.25, -0.2) is 9.78 Å². The monoisotopic (exact) mass is 336 g/mol. The smallest absolute Gasteiger partial charge is 0.319 e. The van der Waals surface area contributed by atoms with Gasteiger partial charge in [0.15, 0.2) is 0 Å². The Kier molecular flexibility index (Phi) is 4.99. The van der Waals surface area contributed by atoms with Crippen LogP contribution >= 0.6 is 0 Å². The summed E-state index contributed by atoms with van der Waals surface area (Å²) >= 11 is 0. The highest BCUT2D eigenvalue weighted by atomic mass is 16.5. The molecule has 3 aromatic rings. The average molecular weight is 336 g/mol. The Labute approximate surface area is 146 Å². The SMILES string of the molecule is COc1ccc(NC(=O)N[C@@H](C)c2ccc(-n3ccnc3)cc2)cc1. The number of rotatable bonds is 5. The van der Waals surface area contributed by atoms with Crippen molar-refractivity contribution in [3.05, 3.63) is 72.8 Å². The maximum Gasteiger partial charge on any atom is 0.319 e. The van der Waals surface area contributed by atoms with E-state index in [1.54, 1.807) is 43.9 Å². The topological polar surface area (TPSA) is 68.2 Å². The van der Waals surface area contributed by atoms with E-state index in [1.807, 2.05) is 42.0 Å². The Balaban J connectivity index is 1.59. The number of hydrogen-bond acceptors (Lipinski definition) is 3. The maximum absolute atomic E-state index is 12.1. The summed E-state index contributed by atoms with van der Waals surface area (Å²) in [4.78, 5) is 16.2. The van der Waals surface area contributed by atoms with E-state index < -0.39 is 0 Å². The highest BCUT2D eigenvalue weighted by Gasteiger charge is 2.10. The summed E-state index contributed by atoms with van der Waals surface area (Å²) in [5, 5.41) is 5.74. The van der Waals surface area contributed by atoms with Crippen LogP contribution in [0.3, 0.4) is 0 Å². The van der Waals surface area contributed by atoms with Gasteiger partial charge in [-0.3, -0.25) is 0 Å². The quantitative estimate of drug-likeness (QED) is 0.745. The third-order valence-electron chi connectivity index (χ3n) is 3.89. The summed E-state index contributed by atoms with van der Waals surface area (Å²) < 4.78 is 7.03. The van der Waals surface area contributed by atoms with E-state index in [4.69, 9.17) is 4.74 Å². The minimum Gasteiger partial charge on any atom is -0.497 e. The van der Waals surface area contributed by atoms with E-state index in [9.17, 15) is 4.79 Å². The minimum atomic E-state index is -0.253. The molecule has 1 atom stereocenters. The van der Waals surface area contributed by atoms with Crippen LogP contribution in [-0.2, 0) is 0 Å². The van der Waals surface area contributed by atoms with Crippen molar-refractivity contribution >= 4 is 11.7 Å². The maximum atomic E-state index is 12.1. The summed E-state index contributed by atoms with van der Waals surface area (Å²) in [5.74, 6) is 0.748. The molecule has 0 aliphatic carbocycles. The van der Waals surface area contributed by atoms with Crippen molar-refractivity contribution in [1.82, 2.24) is 14.9 Å². The lowest BCUT2D eigenvalue weighted by atomic mass is 10.1. The van der Waals surface area contributed by atoms with Gasteiger partial charge in [0.05, 0.1) is 19.5 Å². The molecule has 3 rings (SSSR count). The summed E-state index contributed by atoms with van der Waals surface area (Å²) in [6, 6.07) is 14.8. The number of anilines is 1. The number of carbonyl (C=O) groups excluding carboxylic acids is 1. The lowest BCUT2D eigenvalue weighted by molar-refractivity contribution is 0.249. The number of ether oxygens (including phenoxy) is 1. The molecule has 0 bridgehead atoms. The average Bonchev–Trinajstić information content (AvgIpc) is 3.17. The molecule has 6 nitrogen and oxygen atoms in total. The van der Waals surface area contributed by atoms with E-state index in [2.05, 4.69) is 15.6 Å². The molecule has 2 N–H and O–H groups in total. The molecule has 0 aliphatic heterocycles. The molecule has 25 heavy (non-hydrogen) atoms. The second-order valence-electron chi connectivity index (χ2n) is 5.61. The summed E-state index contributed by atoms with van der Waals surface area (Å²) in [7, 11) is 1.61. The van der Waals surface area contributed by atoms with Crippen LogP contribution in [0, 0.1) is 0 Å². The molecule has 1 aromatic heterocycles. The predicted molar refractivity (Wildman–Crippen MR) is 97.1 cm³/mol. The van der Waals surface area contributed by atoms with Gasteiger partial charge in [0.1, 0.15) is 5.75 Å². The van der Waals surface area contributed by atoms with Crippen LogP contribution < -0.4 is 15.4 Å². The van der Waals surface area contributed by atoms with Gasteiger partial charge < -0.3 is 19.9 Å². The highest BCUT2D eigenvalue weighted by molar-refractivity contribution is 5.89. The van der Waals surface area contributed by atoms with Crippen LogP contribution in [0.15, 0.2) is 67.3 Å². The number of nitrogens with zero attached hydrogens (tertiary/aromatic N) is 2. The van der Waals surface area contributed by atoms with Gasteiger partial charge in [0.25, 0.3) is 0 Å². The van der Waals surface area contributed by atoms with Gasteiger partial charge in [0, 0.05) is 23.8 Å². The number of aromatic nitrogens is 2. The number of urea groups is 1. The van der Waals surface area contributed by atoms with E-state index in [-0.39, 0.29) is 12.1 Å². The Morgan fingerprint density at radius 2 is 1.84 bits per heavy atom. The van der Waals surface area contributed by atoms with Crippen molar-refractivity contribution in [2.24, 2.45) is 0 Å². The zero-order valence-corrected chi connectivity index (χ0v) is 14.1. The Morgan fingerprint density at radius 1 is 1.12 bits per heavy atom. The fourth-order valence-corrected chi connectivity index (χ4v) is 2.47. The largest absolute Gasteiger partial charge is 0.497 e. The molecule has 0 radical (unpaired) electrons. The molecule has 0 fully saturated rings. The highest BCUT2D eigenvalue weighted by Crippen LogP contribution is 2.17. The Morgan fingerprint density at radius 3 is 2.44 bits per heavy atom. The molecule has 6 heteroatoms. The molecule has 0 aliphatic rings. The van der Waals surface area contributed by atoms with E-state index in [0.717, 1.165) is 17.0 Å². The molecule has 1 heterocycles. The molecule has 0 unspecified atom stereocenters. The van der Waals surface area contributed by atoms with Gasteiger partial charge in [-0.1, -0.05) is 12.1 Å². The van der Waals surface area contributed by atoms with Crippen LogP contribution in [0.2, 0.25) is 0 Å². The van der Waals surface area contributed by atoms with Crippen molar-refractivity contribution < 1.29 is 9.53 Å². The molecule has 2 aromatic carbocycles. The van der Waals surface area contributed by atoms with Crippen molar-refractivity contribution in [1.29, 1.82) is 0 Å². The lowest BCUT2D eigenvalue weighted by Gasteiger charge is -2.16. The van der Waals surface area contributed by atoms with Crippen molar-refractivity contribution in [3.8, 4) is 11.4 Å². The zero-order chi connectivity index (χ0) is 17.6. The number of imidazole rings is 1. The van der Waals surface area contributed by atoms with E-state index in [1.165, 1.54) is 0 Å². The third kappa shape index (κ3) is 4.17. The van der Waals surface area contributed by atoms with E-state index in [0.29, 0.717) is 5.69 Å². The molecular weight excluding hydrogens is 316 g/mol. The second-order valence-corrected chi connectivity index (χ2v) is 5.61. The first-order valence-electron chi connectivity index (χ1n) is 7.95. The summed E-state index contributed by atoms with van der Waals surface area (Å²) in [6.45, 7) is 1.94. The predicted octanol–water partition coefficient (Wildman–Crippen LogP) is 3.76. The van der Waals surface area contributed by atoms with Crippen LogP contribution in [0.25, 0.3) is 5.69 Å². The fourth-order valence-electron chi connectivity index (χ4n) is 2.47. The summed E-state index contributed by atoms with van der Waals surface area (Å²) in [5.41, 5.74) is 2.76. The van der Waals surface area contributed by atoms with Crippen LogP contribution in [0.4, 0.5) is 10.5 Å². The zero-order valence-electron chi connectivity index (χ0n) is 14.1. The van der Waals surface area contributed by atoms with Crippen LogP contribution in [0.1, 0.15) is 18.5 Å². The normalized spacial score (nSPS) is 11.6. The van der Waals surface area contributed by atoms with Crippen molar-refractivity contribution in [3.63, 3.8) is 0 Å².